The van der Waals surface area contributed by atoms with Gasteiger partial charge in [-0.15, -0.1) is 11.3 Å². The zero-order valence-electron chi connectivity index (χ0n) is 17.1. The first-order valence-corrected chi connectivity index (χ1v) is 10.8. The molecule has 1 amide bonds. The summed E-state index contributed by atoms with van der Waals surface area (Å²) >= 11 is 1.66. The van der Waals surface area contributed by atoms with Gasteiger partial charge in [0.1, 0.15) is 17.0 Å². The molecule has 7 heteroatoms. The topological polar surface area (TPSA) is 90.7 Å². The number of hydrogen-bond donors (Lipinski definition) is 2. The molecular weight excluding hydrogens is 406 g/mol. The van der Waals surface area contributed by atoms with E-state index in [0.717, 1.165) is 27.2 Å². The van der Waals surface area contributed by atoms with E-state index in [1.54, 1.807) is 41.9 Å². The Bertz CT molecular complexity index is 1260. The molecule has 0 radical (unpaired) electrons. The van der Waals surface area contributed by atoms with Crippen LogP contribution in [0.2, 0.25) is 0 Å². The van der Waals surface area contributed by atoms with Gasteiger partial charge in [0.25, 0.3) is 0 Å². The van der Waals surface area contributed by atoms with Crippen molar-refractivity contribution in [2.24, 2.45) is 0 Å². The molecule has 2 aromatic carbocycles. The Morgan fingerprint density at radius 2 is 1.97 bits per heavy atom. The molecule has 4 aromatic rings. The molecule has 2 heterocycles. The first-order chi connectivity index (χ1) is 15.2. The van der Waals surface area contributed by atoms with Gasteiger partial charge < -0.3 is 10.6 Å². The number of nitrogens with one attached hydrogen (secondary N) is 2. The quantitative estimate of drug-likeness (QED) is 0.387. The van der Waals surface area contributed by atoms with Gasteiger partial charge in [-0.2, -0.15) is 5.26 Å². The van der Waals surface area contributed by atoms with Crippen molar-refractivity contribution < 1.29 is 4.79 Å². The number of fused-ring (bicyclic) bond motifs is 1. The fraction of sp³-hybridized carbons (Fsp3) is 0.167. The molecule has 0 aliphatic carbocycles. The lowest BCUT2D eigenvalue weighted by molar-refractivity contribution is -0.116. The molecule has 0 bridgehead atoms. The molecule has 0 unspecified atom stereocenters. The Labute approximate surface area is 184 Å². The van der Waals surface area contributed by atoms with Gasteiger partial charge in [0.15, 0.2) is 0 Å². The summed E-state index contributed by atoms with van der Waals surface area (Å²) in [5.41, 5.74) is 3.45. The maximum Gasteiger partial charge on any atom is 0.224 e. The molecule has 6 nitrogen and oxygen atoms in total. The zero-order chi connectivity index (χ0) is 21.6. The number of anilines is 2. The third-order valence-corrected chi connectivity index (χ3v) is 5.89. The first kappa shape index (κ1) is 20.5. The van der Waals surface area contributed by atoms with Gasteiger partial charge >= 0.3 is 0 Å². The molecule has 4 rings (SSSR count). The number of aromatic nitrogens is 2. The van der Waals surface area contributed by atoms with Gasteiger partial charge in [-0.1, -0.05) is 36.4 Å². The maximum absolute atomic E-state index is 12.2. The molecule has 2 aromatic heterocycles. The fourth-order valence-corrected chi connectivity index (χ4v) is 4.49. The van der Waals surface area contributed by atoms with Crippen LogP contribution in [-0.2, 0) is 4.79 Å². The van der Waals surface area contributed by atoms with Crippen molar-refractivity contribution in [2.45, 2.75) is 19.8 Å². The maximum atomic E-state index is 12.2. The number of carbonyl (C=O) groups is 1. The number of rotatable bonds is 7. The van der Waals surface area contributed by atoms with Crippen LogP contribution < -0.4 is 10.6 Å². The number of hydrogen-bond acceptors (Lipinski definition) is 6. The van der Waals surface area contributed by atoms with E-state index in [1.165, 1.54) is 4.88 Å². The van der Waals surface area contributed by atoms with Crippen LogP contribution in [0.1, 0.15) is 23.3 Å². The van der Waals surface area contributed by atoms with Crippen molar-refractivity contribution >= 4 is 39.0 Å². The van der Waals surface area contributed by atoms with Crippen molar-refractivity contribution in [2.75, 3.05) is 17.2 Å². The number of aryl methyl sites for hydroxylation is 1. The number of carbonyl (C=O) groups excluding carboxylic acids is 1. The Morgan fingerprint density at radius 1 is 1.13 bits per heavy atom. The van der Waals surface area contributed by atoms with Crippen LogP contribution in [0.15, 0.2) is 60.9 Å². The van der Waals surface area contributed by atoms with Crippen LogP contribution in [0.4, 0.5) is 11.5 Å². The average Bonchev–Trinajstić information content (AvgIpc) is 3.14. The lowest BCUT2D eigenvalue weighted by Crippen LogP contribution is -2.13. The van der Waals surface area contributed by atoms with Gasteiger partial charge in [0.2, 0.25) is 5.91 Å². The summed E-state index contributed by atoms with van der Waals surface area (Å²) in [6, 6.07) is 19.2. The number of benzene rings is 2. The van der Waals surface area contributed by atoms with Crippen molar-refractivity contribution in [3.8, 4) is 17.2 Å². The van der Waals surface area contributed by atoms with Gasteiger partial charge in [0.05, 0.1) is 17.0 Å². The standard InChI is InChI=1S/C24H21N5OS/c1-16-21(18-8-3-2-4-9-18)22-23(27-15-28-24(22)31-16)26-12-6-11-20(30)29-19-10-5-7-17(13-19)14-25/h2-5,7-10,13,15H,6,11-12H2,1H3,(H,29,30)(H,26,27,28). The lowest BCUT2D eigenvalue weighted by atomic mass is 10.0. The van der Waals surface area contributed by atoms with Gasteiger partial charge in [-0.05, 0) is 37.1 Å². The minimum atomic E-state index is -0.0823. The van der Waals surface area contributed by atoms with Crippen molar-refractivity contribution in [3.05, 3.63) is 71.4 Å². The average molecular weight is 428 g/mol. The fourth-order valence-electron chi connectivity index (χ4n) is 3.48. The van der Waals surface area contributed by atoms with E-state index in [4.69, 9.17) is 5.26 Å². The van der Waals surface area contributed by atoms with Crippen molar-refractivity contribution in [1.82, 2.24) is 9.97 Å². The van der Waals surface area contributed by atoms with E-state index in [-0.39, 0.29) is 5.91 Å². The summed E-state index contributed by atoms with van der Waals surface area (Å²) in [5.74, 6) is 0.705. The molecule has 0 saturated heterocycles. The van der Waals surface area contributed by atoms with Crippen molar-refractivity contribution in [1.29, 1.82) is 5.26 Å². The number of nitriles is 1. The van der Waals surface area contributed by atoms with E-state index in [0.29, 0.717) is 30.6 Å². The van der Waals surface area contributed by atoms with Gasteiger partial charge in [-0.25, -0.2) is 9.97 Å². The molecule has 0 aliphatic rings. The summed E-state index contributed by atoms with van der Waals surface area (Å²) < 4.78 is 0. The third-order valence-electron chi connectivity index (χ3n) is 4.88. The van der Waals surface area contributed by atoms with Crippen LogP contribution in [0, 0.1) is 18.3 Å². The van der Waals surface area contributed by atoms with E-state index in [9.17, 15) is 4.79 Å². The highest BCUT2D eigenvalue weighted by Gasteiger charge is 2.16. The molecular formula is C24H21N5OS. The monoisotopic (exact) mass is 427 g/mol. The Balaban J connectivity index is 1.41. The Kier molecular flexibility index (Phi) is 6.20. The molecule has 0 atom stereocenters. The van der Waals surface area contributed by atoms with Crippen LogP contribution >= 0.6 is 11.3 Å². The highest BCUT2D eigenvalue weighted by atomic mass is 32.1. The normalized spacial score (nSPS) is 10.6. The molecule has 0 fully saturated rings. The second-order valence-electron chi connectivity index (χ2n) is 7.07. The third kappa shape index (κ3) is 4.71. The highest BCUT2D eigenvalue weighted by molar-refractivity contribution is 7.19. The van der Waals surface area contributed by atoms with Crippen LogP contribution in [0.3, 0.4) is 0 Å². The molecule has 2 N–H and O–H groups in total. The summed E-state index contributed by atoms with van der Waals surface area (Å²) in [7, 11) is 0. The van der Waals surface area contributed by atoms with Gasteiger partial charge in [0, 0.05) is 29.1 Å². The highest BCUT2D eigenvalue weighted by Crippen LogP contribution is 2.40. The minimum absolute atomic E-state index is 0.0823. The zero-order valence-corrected chi connectivity index (χ0v) is 17.9. The molecule has 0 saturated carbocycles. The molecule has 0 aliphatic heterocycles. The van der Waals surface area contributed by atoms with E-state index in [2.05, 4.69) is 45.7 Å². The molecule has 31 heavy (non-hydrogen) atoms. The largest absolute Gasteiger partial charge is 0.369 e. The Hall–Kier alpha value is -3.76. The number of amides is 1. The second-order valence-corrected chi connectivity index (χ2v) is 8.28. The number of nitrogens with zero attached hydrogens (tertiary/aromatic N) is 3. The van der Waals surface area contributed by atoms with Crippen molar-refractivity contribution in [3.63, 3.8) is 0 Å². The van der Waals surface area contributed by atoms with E-state index < -0.39 is 0 Å². The summed E-state index contributed by atoms with van der Waals surface area (Å²) in [6.07, 6.45) is 2.59. The minimum Gasteiger partial charge on any atom is -0.369 e. The SMILES string of the molecule is Cc1sc2ncnc(NCCCC(=O)Nc3cccc(C#N)c3)c2c1-c1ccccc1. The summed E-state index contributed by atoms with van der Waals surface area (Å²) in [6.45, 7) is 2.71. The van der Waals surface area contributed by atoms with E-state index in [1.807, 2.05) is 18.2 Å². The van der Waals surface area contributed by atoms with Crippen LogP contribution in [-0.4, -0.2) is 22.4 Å². The summed E-state index contributed by atoms with van der Waals surface area (Å²) in [4.78, 5) is 23.3. The predicted molar refractivity (Wildman–Crippen MR) is 125 cm³/mol. The van der Waals surface area contributed by atoms with E-state index >= 15 is 0 Å². The smallest absolute Gasteiger partial charge is 0.224 e. The molecule has 0 spiro atoms. The second kappa shape index (κ2) is 9.37. The van der Waals surface area contributed by atoms with Crippen LogP contribution in [0.25, 0.3) is 21.3 Å². The lowest BCUT2D eigenvalue weighted by Gasteiger charge is -2.09. The van der Waals surface area contributed by atoms with Crippen LogP contribution in [0.5, 0.6) is 0 Å². The number of thiophene rings is 1. The summed E-state index contributed by atoms with van der Waals surface area (Å²) in [5, 5.41) is 16.2. The Morgan fingerprint density at radius 3 is 2.77 bits per heavy atom. The predicted octanol–water partition coefficient (Wildman–Crippen LogP) is 5.37. The first-order valence-electron chi connectivity index (χ1n) is 9.99. The van der Waals surface area contributed by atoms with Gasteiger partial charge in [-0.3, -0.25) is 4.79 Å². The molecule has 154 valence electrons.